The fraction of sp³-hybridized carbons (Fsp3) is 0.458. The molecule has 180 valence electrons. The molecule has 0 N–H and O–H groups in total. The van der Waals surface area contributed by atoms with Gasteiger partial charge in [-0.2, -0.15) is 5.10 Å². The highest BCUT2D eigenvalue weighted by atomic mass is 16.6. The second-order valence-electron chi connectivity index (χ2n) is 9.70. The highest BCUT2D eigenvalue weighted by Gasteiger charge is 2.37. The number of nitrogens with zero attached hydrogens (tertiary/aromatic N) is 7. The number of para-hydroxylation sites is 1. The Morgan fingerprint density at radius 1 is 1.09 bits per heavy atom. The maximum absolute atomic E-state index is 13.4. The van der Waals surface area contributed by atoms with Crippen molar-refractivity contribution < 1.29 is 14.3 Å². The Hall–Kier alpha value is -3.69. The van der Waals surface area contributed by atoms with Crippen molar-refractivity contribution in [2.75, 3.05) is 13.1 Å². The molecule has 1 fully saturated rings. The first-order valence-corrected chi connectivity index (χ1v) is 11.5. The highest BCUT2D eigenvalue weighted by molar-refractivity contribution is 5.92. The molecule has 10 heteroatoms. The summed E-state index contributed by atoms with van der Waals surface area (Å²) in [7, 11) is 0. The molecule has 3 heterocycles. The van der Waals surface area contributed by atoms with Crippen LogP contribution in [-0.4, -0.2) is 77.3 Å². The molecule has 34 heavy (non-hydrogen) atoms. The summed E-state index contributed by atoms with van der Waals surface area (Å²) >= 11 is 0. The van der Waals surface area contributed by atoms with E-state index in [0.29, 0.717) is 25.2 Å². The average Bonchev–Trinajstić information content (AvgIpc) is 3.53. The molecular weight excluding hydrogens is 434 g/mol. The van der Waals surface area contributed by atoms with Crippen LogP contribution in [0, 0.1) is 0 Å². The van der Waals surface area contributed by atoms with Gasteiger partial charge in [-0.05, 0) is 53.2 Å². The van der Waals surface area contributed by atoms with Crippen molar-refractivity contribution >= 4 is 12.0 Å². The van der Waals surface area contributed by atoms with Crippen molar-refractivity contribution in [2.24, 2.45) is 0 Å². The number of rotatable bonds is 5. The van der Waals surface area contributed by atoms with Gasteiger partial charge in [-0.25, -0.2) is 14.2 Å². The van der Waals surface area contributed by atoms with Crippen LogP contribution in [-0.2, 0) is 4.74 Å². The third kappa shape index (κ3) is 5.11. The molecule has 4 rings (SSSR count). The summed E-state index contributed by atoms with van der Waals surface area (Å²) < 4.78 is 8.77. The summed E-state index contributed by atoms with van der Waals surface area (Å²) in [6.07, 6.45) is 5.44. The number of carbonyl (C=O) groups is 2. The van der Waals surface area contributed by atoms with Gasteiger partial charge in [0.2, 0.25) is 0 Å². The van der Waals surface area contributed by atoms with Gasteiger partial charge in [0, 0.05) is 19.1 Å². The summed E-state index contributed by atoms with van der Waals surface area (Å²) in [5.74, 6) is -0.215. The molecular formula is C24H31N7O3. The van der Waals surface area contributed by atoms with Crippen molar-refractivity contribution in [3.63, 3.8) is 0 Å². The number of amides is 2. The first-order valence-electron chi connectivity index (χ1n) is 11.5. The zero-order chi connectivity index (χ0) is 24.5. The second-order valence-corrected chi connectivity index (χ2v) is 9.70. The van der Waals surface area contributed by atoms with E-state index < -0.39 is 5.60 Å². The molecule has 0 bridgehead atoms. The molecule has 0 saturated carbocycles. The summed E-state index contributed by atoms with van der Waals surface area (Å²) in [6.45, 7) is 10.4. The molecule has 1 atom stereocenters. The molecule has 2 amide bonds. The van der Waals surface area contributed by atoms with E-state index in [1.54, 1.807) is 31.6 Å². The SMILES string of the molecule is CC(C)N(C(=O)c1cn(-c2cnn(-c3ccccc3)c2)nn1)[C@H]1CCN(C(=O)OC(C)(C)C)C1. The number of hydrogen-bond acceptors (Lipinski definition) is 6. The van der Waals surface area contributed by atoms with Crippen LogP contribution in [0.3, 0.4) is 0 Å². The zero-order valence-corrected chi connectivity index (χ0v) is 20.3. The lowest BCUT2D eigenvalue weighted by atomic mass is 10.1. The molecule has 2 aromatic heterocycles. The minimum atomic E-state index is -0.560. The Labute approximate surface area is 199 Å². The molecule has 1 saturated heterocycles. The van der Waals surface area contributed by atoms with Crippen LogP contribution in [0.1, 0.15) is 51.5 Å². The molecule has 1 aliphatic rings. The highest BCUT2D eigenvalue weighted by Crippen LogP contribution is 2.22. The molecule has 0 aliphatic carbocycles. The molecule has 0 spiro atoms. The van der Waals surface area contributed by atoms with E-state index >= 15 is 0 Å². The van der Waals surface area contributed by atoms with Gasteiger partial charge in [0.1, 0.15) is 11.3 Å². The summed E-state index contributed by atoms with van der Waals surface area (Å²) in [5.41, 5.74) is 1.31. The van der Waals surface area contributed by atoms with Gasteiger partial charge >= 0.3 is 6.09 Å². The van der Waals surface area contributed by atoms with Crippen molar-refractivity contribution in [3.05, 3.63) is 54.6 Å². The number of benzene rings is 1. The van der Waals surface area contributed by atoms with E-state index in [0.717, 1.165) is 5.69 Å². The Morgan fingerprint density at radius 3 is 2.50 bits per heavy atom. The third-order valence-corrected chi connectivity index (χ3v) is 5.57. The van der Waals surface area contributed by atoms with Gasteiger partial charge in [0.15, 0.2) is 5.69 Å². The Balaban J connectivity index is 1.48. The lowest BCUT2D eigenvalue weighted by Gasteiger charge is -2.32. The Bertz CT molecular complexity index is 1150. The van der Waals surface area contributed by atoms with E-state index in [1.165, 1.54) is 0 Å². The summed E-state index contributed by atoms with van der Waals surface area (Å²) in [4.78, 5) is 29.3. The predicted molar refractivity (Wildman–Crippen MR) is 126 cm³/mol. The summed E-state index contributed by atoms with van der Waals surface area (Å²) in [5, 5.41) is 12.7. The number of ether oxygens (including phenoxy) is 1. The zero-order valence-electron chi connectivity index (χ0n) is 20.3. The molecule has 3 aromatic rings. The smallest absolute Gasteiger partial charge is 0.410 e. The first kappa shape index (κ1) is 23.5. The fourth-order valence-electron chi connectivity index (χ4n) is 4.06. The van der Waals surface area contributed by atoms with E-state index in [2.05, 4.69) is 15.4 Å². The monoisotopic (exact) mass is 465 g/mol. The predicted octanol–water partition coefficient (Wildman–Crippen LogP) is 3.31. The molecule has 1 aliphatic heterocycles. The summed E-state index contributed by atoms with van der Waals surface area (Å²) in [6, 6.07) is 9.55. The Kier molecular flexibility index (Phi) is 6.41. The van der Waals surface area contributed by atoms with Crippen LogP contribution in [0.4, 0.5) is 4.79 Å². The number of likely N-dealkylation sites (tertiary alicyclic amines) is 1. The standard InChI is InChI=1S/C24H31N7O3/c1-17(2)31(19-11-12-28(14-19)23(33)34-24(3,4)5)22(32)21-16-30(27-26-21)20-13-25-29(15-20)18-9-7-6-8-10-18/h6-10,13,15-17,19H,11-12,14H2,1-5H3/t19-/m0/s1. The van der Waals surface area contributed by atoms with Gasteiger partial charge in [-0.1, -0.05) is 23.4 Å². The number of aromatic nitrogens is 5. The molecule has 1 aromatic carbocycles. The molecule has 0 radical (unpaired) electrons. The van der Waals surface area contributed by atoms with Crippen molar-refractivity contribution in [1.29, 1.82) is 0 Å². The maximum Gasteiger partial charge on any atom is 0.410 e. The van der Waals surface area contributed by atoms with Crippen LogP contribution >= 0.6 is 0 Å². The molecule has 10 nitrogen and oxygen atoms in total. The number of carbonyl (C=O) groups excluding carboxylic acids is 2. The van der Waals surface area contributed by atoms with E-state index in [4.69, 9.17) is 4.74 Å². The first-order chi connectivity index (χ1) is 16.1. The van der Waals surface area contributed by atoms with Crippen LogP contribution in [0.25, 0.3) is 11.4 Å². The third-order valence-electron chi connectivity index (χ3n) is 5.57. The lowest BCUT2D eigenvalue weighted by Crippen LogP contribution is -2.47. The Morgan fingerprint density at radius 2 is 1.82 bits per heavy atom. The van der Waals surface area contributed by atoms with E-state index in [1.807, 2.05) is 71.1 Å². The van der Waals surface area contributed by atoms with Crippen molar-refractivity contribution in [2.45, 2.75) is 58.7 Å². The topological polar surface area (TPSA) is 98.4 Å². The normalized spacial score (nSPS) is 16.2. The van der Waals surface area contributed by atoms with Gasteiger partial charge < -0.3 is 14.5 Å². The average molecular weight is 466 g/mol. The number of hydrogen-bond donors (Lipinski definition) is 0. The lowest BCUT2D eigenvalue weighted by molar-refractivity contribution is 0.0268. The van der Waals surface area contributed by atoms with Crippen molar-refractivity contribution in [1.82, 2.24) is 34.6 Å². The molecule has 0 unspecified atom stereocenters. The van der Waals surface area contributed by atoms with Crippen LogP contribution in [0.5, 0.6) is 0 Å². The van der Waals surface area contributed by atoms with Gasteiger partial charge in [-0.15, -0.1) is 5.10 Å². The fourth-order valence-corrected chi connectivity index (χ4v) is 4.06. The van der Waals surface area contributed by atoms with Gasteiger partial charge in [0.25, 0.3) is 5.91 Å². The van der Waals surface area contributed by atoms with Gasteiger partial charge in [-0.3, -0.25) is 4.79 Å². The van der Waals surface area contributed by atoms with Gasteiger partial charge in [0.05, 0.1) is 30.3 Å². The maximum atomic E-state index is 13.4. The van der Waals surface area contributed by atoms with Crippen LogP contribution in [0.15, 0.2) is 48.9 Å². The van der Waals surface area contributed by atoms with E-state index in [-0.39, 0.29) is 29.8 Å². The van der Waals surface area contributed by atoms with Crippen molar-refractivity contribution in [3.8, 4) is 11.4 Å². The largest absolute Gasteiger partial charge is 0.444 e. The van der Waals surface area contributed by atoms with E-state index in [9.17, 15) is 9.59 Å². The second kappa shape index (κ2) is 9.28. The van der Waals surface area contributed by atoms with Crippen LogP contribution < -0.4 is 0 Å². The quantitative estimate of drug-likeness (QED) is 0.573. The van der Waals surface area contributed by atoms with Crippen LogP contribution in [0.2, 0.25) is 0 Å². The minimum Gasteiger partial charge on any atom is -0.444 e. The minimum absolute atomic E-state index is 0.0675.